The summed E-state index contributed by atoms with van der Waals surface area (Å²) in [6, 6.07) is 4.38. The van der Waals surface area contributed by atoms with Gasteiger partial charge in [-0.15, -0.1) is 11.3 Å². The molecular formula is C15H20ClNS. The standard InChI is InChI=1S/C15H20ClNS/c16-13-2-1-12(18-13)14(17)15-6-9-3-10(7-15)5-11(4-9)8-15/h1-2,9-11,14H,3-8,17H2. The fourth-order valence-electron chi connectivity index (χ4n) is 5.36. The molecule has 4 aliphatic rings. The predicted molar refractivity (Wildman–Crippen MR) is 76.9 cm³/mol. The lowest BCUT2D eigenvalue weighted by molar-refractivity contribution is -0.0672. The molecule has 0 saturated heterocycles. The fraction of sp³-hybridized carbons (Fsp3) is 0.733. The van der Waals surface area contributed by atoms with Crippen molar-refractivity contribution in [3.63, 3.8) is 0 Å². The van der Waals surface area contributed by atoms with Gasteiger partial charge in [-0.25, -0.2) is 0 Å². The van der Waals surface area contributed by atoms with Gasteiger partial charge in [-0.2, -0.15) is 0 Å². The summed E-state index contributed by atoms with van der Waals surface area (Å²) in [6.07, 6.45) is 8.56. The molecule has 2 N–H and O–H groups in total. The molecule has 18 heavy (non-hydrogen) atoms. The van der Waals surface area contributed by atoms with E-state index in [1.54, 1.807) is 11.3 Å². The maximum atomic E-state index is 6.66. The van der Waals surface area contributed by atoms with E-state index in [4.69, 9.17) is 17.3 Å². The van der Waals surface area contributed by atoms with Gasteiger partial charge >= 0.3 is 0 Å². The Hall–Kier alpha value is -0.0500. The van der Waals surface area contributed by atoms with Crippen LogP contribution in [-0.2, 0) is 0 Å². The van der Waals surface area contributed by atoms with Gasteiger partial charge < -0.3 is 5.73 Å². The van der Waals surface area contributed by atoms with Gasteiger partial charge in [0.1, 0.15) is 0 Å². The van der Waals surface area contributed by atoms with E-state index in [2.05, 4.69) is 6.07 Å². The Morgan fingerprint density at radius 1 is 1.11 bits per heavy atom. The third-order valence-corrected chi connectivity index (χ3v) is 6.96. The monoisotopic (exact) mass is 281 g/mol. The minimum absolute atomic E-state index is 0.225. The van der Waals surface area contributed by atoms with Crippen LogP contribution in [0.1, 0.15) is 49.4 Å². The number of nitrogens with two attached hydrogens (primary N) is 1. The molecule has 0 aromatic carbocycles. The molecule has 4 saturated carbocycles. The van der Waals surface area contributed by atoms with Crippen molar-refractivity contribution in [1.29, 1.82) is 0 Å². The smallest absolute Gasteiger partial charge is 0.0931 e. The minimum atomic E-state index is 0.225. The Kier molecular flexibility index (Phi) is 2.59. The molecule has 1 aromatic rings. The maximum Gasteiger partial charge on any atom is 0.0931 e. The van der Waals surface area contributed by atoms with E-state index in [-0.39, 0.29) is 6.04 Å². The van der Waals surface area contributed by atoms with Gasteiger partial charge in [0.15, 0.2) is 0 Å². The van der Waals surface area contributed by atoms with Crippen molar-refractivity contribution in [3.05, 3.63) is 21.3 Å². The maximum absolute atomic E-state index is 6.66. The van der Waals surface area contributed by atoms with Crippen LogP contribution < -0.4 is 5.73 Å². The van der Waals surface area contributed by atoms with Gasteiger partial charge in [-0.05, 0) is 73.8 Å². The second-order valence-corrected chi connectivity index (χ2v) is 8.65. The molecule has 1 aromatic heterocycles. The molecule has 1 atom stereocenters. The first-order chi connectivity index (χ1) is 8.64. The van der Waals surface area contributed by atoms with Crippen molar-refractivity contribution in [2.75, 3.05) is 0 Å². The largest absolute Gasteiger partial charge is 0.323 e. The van der Waals surface area contributed by atoms with Crippen LogP contribution in [0, 0.1) is 23.2 Å². The van der Waals surface area contributed by atoms with Crippen LogP contribution in [0.4, 0.5) is 0 Å². The highest BCUT2D eigenvalue weighted by molar-refractivity contribution is 7.16. The first kappa shape index (κ1) is 11.7. The zero-order valence-electron chi connectivity index (χ0n) is 10.6. The van der Waals surface area contributed by atoms with Crippen LogP contribution in [0.25, 0.3) is 0 Å². The third-order valence-electron chi connectivity index (χ3n) is 5.65. The summed E-state index contributed by atoms with van der Waals surface area (Å²) in [5.41, 5.74) is 7.06. The Morgan fingerprint density at radius 2 is 1.67 bits per heavy atom. The van der Waals surface area contributed by atoms with Gasteiger partial charge in [0.2, 0.25) is 0 Å². The van der Waals surface area contributed by atoms with Crippen LogP contribution in [0.3, 0.4) is 0 Å². The van der Waals surface area contributed by atoms with E-state index in [1.165, 1.54) is 43.4 Å². The second-order valence-electron chi connectivity index (χ2n) is 6.90. The zero-order valence-corrected chi connectivity index (χ0v) is 12.1. The molecule has 4 bridgehead atoms. The lowest BCUT2D eigenvalue weighted by Gasteiger charge is -2.58. The van der Waals surface area contributed by atoms with Gasteiger partial charge in [0.05, 0.1) is 4.34 Å². The SMILES string of the molecule is NC(c1ccc(Cl)s1)C12CC3CC(CC(C3)C1)C2. The first-order valence-electron chi connectivity index (χ1n) is 7.15. The van der Waals surface area contributed by atoms with E-state index in [9.17, 15) is 0 Å². The Bertz CT molecular complexity index is 432. The second kappa shape index (κ2) is 3.97. The number of halogens is 1. The molecule has 4 aliphatic carbocycles. The molecule has 1 unspecified atom stereocenters. The van der Waals surface area contributed by atoms with E-state index >= 15 is 0 Å². The highest BCUT2D eigenvalue weighted by Crippen LogP contribution is 2.63. The summed E-state index contributed by atoms with van der Waals surface area (Å²) >= 11 is 7.76. The van der Waals surface area contributed by atoms with Crippen LogP contribution in [0.2, 0.25) is 4.34 Å². The van der Waals surface area contributed by atoms with Crippen LogP contribution in [0.5, 0.6) is 0 Å². The van der Waals surface area contributed by atoms with Crippen molar-refractivity contribution < 1.29 is 0 Å². The fourth-order valence-corrected chi connectivity index (χ4v) is 6.56. The van der Waals surface area contributed by atoms with Gasteiger partial charge in [0, 0.05) is 10.9 Å². The zero-order chi connectivity index (χ0) is 12.3. The van der Waals surface area contributed by atoms with E-state index < -0.39 is 0 Å². The lowest BCUT2D eigenvalue weighted by Crippen LogP contribution is -2.50. The van der Waals surface area contributed by atoms with Crippen LogP contribution >= 0.6 is 22.9 Å². The molecule has 0 spiro atoms. The number of rotatable bonds is 2. The van der Waals surface area contributed by atoms with E-state index in [1.807, 2.05) is 6.07 Å². The normalized spacial score (nSPS) is 43.3. The summed E-state index contributed by atoms with van der Waals surface area (Å²) in [5.74, 6) is 2.91. The van der Waals surface area contributed by atoms with Crippen LogP contribution in [-0.4, -0.2) is 0 Å². The molecule has 1 heterocycles. The minimum Gasteiger partial charge on any atom is -0.323 e. The number of thiophene rings is 1. The quantitative estimate of drug-likeness (QED) is 0.841. The molecule has 98 valence electrons. The number of hydrogen-bond acceptors (Lipinski definition) is 2. The van der Waals surface area contributed by atoms with Gasteiger partial charge in [-0.1, -0.05) is 11.6 Å². The highest BCUT2D eigenvalue weighted by Gasteiger charge is 2.53. The molecule has 0 amide bonds. The highest BCUT2D eigenvalue weighted by atomic mass is 35.5. The van der Waals surface area contributed by atoms with Crippen molar-refractivity contribution >= 4 is 22.9 Å². The lowest BCUT2D eigenvalue weighted by atomic mass is 9.47. The van der Waals surface area contributed by atoms with E-state index in [0.29, 0.717) is 5.41 Å². The summed E-state index contributed by atoms with van der Waals surface area (Å²) < 4.78 is 0.880. The Balaban J connectivity index is 1.67. The average molecular weight is 282 g/mol. The first-order valence-corrected chi connectivity index (χ1v) is 8.35. The summed E-state index contributed by atoms with van der Waals surface area (Å²) in [4.78, 5) is 1.31. The van der Waals surface area contributed by atoms with Gasteiger partial charge in [-0.3, -0.25) is 0 Å². The molecular weight excluding hydrogens is 262 g/mol. The average Bonchev–Trinajstić information content (AvgIpc) is 2.73. The van der Waals surface area contributed by atoms with Crippen molar-refractivity contribution in [1.82, 2.24) is 0 Å². The Labute approximate surface area is 118 Å². The topological polar surface area (TPSA) is 26.0 Å². The van der Waals surface area contributed by atoms with Crippen molar-refractivity contribution in [3.8, 4) is 0 Å². The summed E-state index contributed by atoms with van der Waals surface area (Å²) in [5, 5.41) is 0. The molecule has 5 rings (SSSR count). The molecule has 0 radical (unpaired) electrons. The Morgan fingerprint density at radius 3 is 2.11 bits per heavy atom. The molecule has 3 heteroatoms. The molecule has 4 fully saturated rings. The van der Waals surface area contributed by atoms with Gasteiger partial charge in [0.25, 0.3) is 0 Å². The molecule has 1 nitrogen and oxygen atoms in total. The van der Waals surface area contributed by atoms with E-state index in [0.717, 1.165) is 22.1 Å². The molecule has 0 aliphatic heterocycles. The van der Waals surface area contributed by atoms with Crippen molar-refractivity contribution in [2.45, 2.75) is 44.6 Å². The number of hydrogen-bond donors (Lipinski definition) is 1. The van der Waals surface area contributed by atoms with Crippen LogP contribution in [0.15, 0.2) is 12.1 Å². The summed E-state index contributed by atoms with van der Waals surface area (Å²) in [6.45, 7) is 0. The summed E-state index contributed by atoms with van der Waals surface area (Å²) in [7, 11) is 0. The van der Waals surface area contributed by atoms with Crippen molar-refractivity contribution in [2.24, 2.45) is 28.9 Å². The third kappa shape index (κ3) is 1.69. The predicted octanol–water partition coefficient (Wildman–Crippen LogP) is 4.62.